The molecule has 0 radical (unpaired) electrons. The number of hydrogen-bond donors (Lipinski definition) is 1. The van der Waals surface area contributed by atoms with Gasteiger partial charge in [0.1, 0.15) is 17.4 Å². The summed E-state index contributed by atoms with van der Waals surface area (Å²) in [5, 5.41) is 3.70. The Hall–Kier alpha value is -2.51. The van der Waals surface area contributed by atoms with Gasteiger partial charge in [0.15, 0.2) is 0 Å². The van der Waals surface area contributed by atoms with Gasteiger partial charge in [0.05, 0.1) is 4.70 Å². The normalized spacial score (nSPS) is 17.1. The summed E-state index contributed by atoms with van der Waals surface area (Å²) in [6, 6.07) is 7.22. The van der Waals surface area contributed by atoms with Crippen LogP contribution in [0.2, 0.25) is 0 Å². The molecule has 0 spiro atoms. The minimum absolute atomic E-state index is 0.0188. The van der Waals surface area contributed by atoms with E-state index in [2.05, 4.69) is 9.69 Å². The summed E-state index contributed by atoms with van der Waals surface area (Å²) in [7, 11) is 0. The van der Waals surface area contributed by atoms with Gasteiger partial charge in [0.25, 0.3) is 5.91 Å². The molecule has 1 aliphatic heterocycles. The molecule has 1 amide bonds. The number of fused-ring (bicyclic) bond motifs is 1. The third kappa shape index (κ3) is 3.08. The molecule has 25 heavy (non-hydrogen) atoms. The second-order valence-corrected chi connectivity index (χ2v) is 6.86. The zero-order chi connectivity index (χ0) is 17.4. The Bertz CT molecular complexity index is 1000. The highest BCUT2D eigenvalue weighted by molar-refractivity contribution is 7.13. The third-order valence-corrected chi connectivity index (χ3v) is 5.03. The van der Waals surface area contributed by atoms with Crippen LogP contribution in [0.15, 0.2) is 39.7 Å². The van der Waals surface area contributed by atoms with E-state index in [1.807, 2.05) is 12.1 Å². The number of nitrogens with zero attached hydrogens (tertiary/aromatic N) is 1. The number of carbonyl (C=O) groups is 1. The standard InChI is InChI=1S/C18H16N2O4S/c1-10-7-14(13-3-2-6-23-13)24-18(22)16(10)17(21)20-12-4-5-15-11(8-12)9-19-25-15/h4-5,7-9,13H,2-3,6H2,1H3,(H,20,21). The molecule has 1 fully saturated rings. The van der Waals surface area contributed by atoms with Gasteiger partial charge in [-0.2, -0.15) is 4.37 Å². The molecule has 3 heterocycles. The number of rotatable bonds is 3. The van der Waals surface area contributed by atoms with Crippen molar-refractivity contribution in [1.29, 1.82) is 0 Å². The molecule has 1 saturated heterocycles. The number of aryl methyl sites for hydroxylation is 1. The maximum Gasteiger partial charge on any atom is 0.349 e. The second kappa shape index (κ2) is 6.42. The summed E-state index contributed by atoms with van der Waals surface area (Å²) in [5.41, 5.74) is 0.573. The quantitative estimate of drug-likeness (QED) is 0.774. The number of benzene rings is 1. The van der Waals surface area contributed by atoms with Gasteiger partial charge in [-0.25, -0.2) is 4.79 Å². The molecule has 1 unspecified atom stereocenters. The molecule has 1 atom stereocenters. The number of nitrogens with one attached hydrogen (secondary N) is 1. The molecular formula is C18H16N2O4S. The molecule has 3 aromatic rings. The molecule has 2 aromatic heterocycles. The van der Waals surface area contributed by atoms with Crippen LogP contribution in [0.1, 0.15) is 40.6 Å². The van der Waals surface area contributed by atoms with E-state index in [0.29, 0.717) is 23.6 Å². The molecule has 0 bridgehead atoms. The highest BCUT2D eigenvalue weighted by Gasteiger charge is 2.24. The van der Waals surface area contributed by atoms with Crippen LogP contribution in [0.4, 0.5) is 5.69 Å². The molecular weight excluding hydrogens is 340 g/mol. The van der Waals surface area contributed by atoms with Crippen LogP contribution in [-0.4, -0.2) is 16.9 Å². The predicted octanol–water partition coefficient (Wildman–Crippen LogP) is 3.66. The predicted molar refractivity (Wildman–Crippen MR) is 95.2 cm³/mol. The Morgan fingerprint density at radius 2 is 2.24 bits per heavy atom. The second-order valence-electron chi connectivity index (χ2n) is 6.03. The van der Waals surface area contributed by atoms with Crippen LogP contribution < -0.4 is 10.9 Å². The van der Waals surface area contributed by atoms with E-state index >= 15 is 0 Å². The average Bonchev–Trinajstić information content (AvgIpc) is 3.25. The molecule has 1 aromatic carbocycles. The van der Waals surface area contributed by atoms with Gasteiger partial charge in [-0.1, -0.05) is 0 Å². The first-order chi connectivity index (χ1) is 12.1. The maximum atomic E-state index is 12.5. The maximum absolute atomic E-state index is 12.5. The van der Waals surface area contributed by atoms with Crippen LogP contribution in [0.25, 0.3) is 10.1 Å². The van der Waals surface area contributed by atoms with Crippen molar-refractivity contribution in [3.05, 3.63) is 57.8 Å². The summed E-state index contributed by atoms with van der Waals surface area (Å²) in [6.45, 7) is 2.39. The first-order valence-corrected chi connectivity index (χ1v) is 8.81. The van der Waals surface area contributed by atoms with Crippen molar-refractivity contribution in [2.24, 2.45) is 0 Å². The minimum Gasteiger partial charge on any atom is -0.424 e. The largest absolute Gasteiger partial charge is 0.424 e. The number of ether oxygens (including phenoxy) is 1. The average molecular weight is 356 g/mol. The number of anilines is 1. The van der Waals surface area contributed by atoms with Crippen molar-refractivity contribution in [2.75, 3.05) is 11.9 Å². The fourth-order valence-corrected chi connectivity index (χ4v) is 3.64. The van der Waals surface area contributed by atoms with Gasteiger partial charge < -0.3 is 14.5 Å². The van der Waals surface area contributed by atoms with E-state index < -0.39 is 11.5 Å². The van der Waals surface area contributed by atoms with E-state index in [0.717, 1.165) is 22.9 Å². The smallest absolute Gasteiger partial charge is 0.349 e. The summed E-state index contributed by atoms with van der Waals surface area (Å²) < 4.78 is 16.0. The van der Waals surface area contributed by atoms with Gasteiger partial charge in [-0.05, 0) is 61.1 Å². The van der Waals surface area contributed by atoms with Gasteiger partial charge in [0.2, 0.25) is 0 Å². The van der Waals surface area contributed by atoms with Crippen molar-refractivity contribution in [1.82, 2.24) is 4.37 Å². The Morgan fingerprint density at radius 3 is 3.00 bits per heavy atom. The van der Waals surface area contributed by atoms with Crippen molar-refractivity contribution >= 4 is 33.2 Å². The van der Waals surface area contributed by atoms with Crippen molar-refractivity contribution in [2.45, 2.75) is 25.9 Å². The molecule has 6 nitrogen and oxygen atoms in total. The fourth-order valence-electron chi connectivity index (χ4n) is 3.01. The van der Waals surface area contributed by atoms with Gasteiger partial charge in [-0.15, -0.1) is 0 Å². The molecule has 7 heteroatoms. The Balaban J connectivity index is 1.61. The van der Waals surface area contributed by atoms with E-state index in [9.17, 15) is 9.59 Å². The summed E-state index contributed by atoms with van der Waals surface area (Å²) in [6.07, 6.45) is 3.31. The summed E-state index contributed by atoms with van der Waals surface area (Å²) >= 11 is 1.39. The lowest BCUT2D eigenvalue weighted by Gasteiger charge is -2.11. The lowest BCUT2D eigenvalue weighted by atomic mass is 10.1. The number of aromatic nitrogens is 1. The molecule has 1 aliphatic rings. The number of carbonyl (C=O) groups excluding carboxylic acids is 1. The summed E-state index contributed by atoms with van der Waals surface area (Å²) in [5.74, 6) is 0.00926. The topological polar surface area (TPSA) is 81.4 Å². The van der Waals surface area contributed by atoms with Crippen LogP contribution in [0.3, 0.4) is 0 Å². The Labute approximate surface area is 147 Å². The van der Waals surface area contributed by atoms with Gasteiger partial charge in [0, 0.05) is 23.9 Å². The zero-order valence-corrected chi connectivity index (χ0v) is 14.4. The first kappa shape index (κ1) is 16.0. The minimum atomic E-state index is -0.638. The number of amides is 1. The van der Waals surface area contributed by atoms with Crippen molar-refractivity contribution < 1.29 is 13.9 Å². The first-order valence-electron chi connectivity index (χ1n) is 8.04. The van der Waals surface area contributed by atoms with Crippen LogP contribution >= 0.6 is 11.5 Å². The molecule has 0 aliphatic carbocycles. The van der Waals surface area contributed by atoms with Crippen LogP contribution in [-0.2, 0) is 4.74 Å². The van der Waals surface area contributed by atoms with E-state index in [1.165, 1.54) is 11.5 Å². The monoisotopic (exact) mass is 356 g/mol. The molecule has 4 rings (SSSR count). The highest BCUT2D eigenvalue weighted by Crippen LogP contribution is 2.28. The highest BCUT2D eigenvalue weighted by atomic mass is 32.1. The third-order valence-electron chi connectivity index (χ3n) is 4.25. The Morgan fingerprint density at radius 1 is 1.36 bits per heavy atom. The van der Waals surface area contributed by atoms with E-state index in [-0.39, 0.29) is 11.7 Å². The van der Waals surface area contributed by atoms with Gasteiger partial charge >= 0.3 is 5.63 Å². The number of hydrogen-bond acceptors (Lipinski definition) is 6. The fraction of sp³-hybridized carbons (Fsp3) is 0.278. The lowest BCUT2D eigenvalue weighted by molar-refractivity contribution is 0.0895. The van der Waals surface area contributed by atoms with E-state index in [1.54, 1.807) is 25.3 Å². The lowest BCUT2D eigenvalue weighted by Crippen LogP contribution is -2.23. The zero-order valence-electron chi connectivity index (χ0n) is 13.6. The van der Waals surface area contributed by atoms with Crippen LogP contribution in [0.5, 0.6) is 0 Å². The van der Waals surface area contributed by atoms with Crippen LogP contribution in [0, 0.1) is 6.92 Å². The summed E-state index contributed by atoms with van der Waals surface area (Å²) in [4.78, 5) is 24.9. The molecule has 1 N–H and O–H groups in total. The van der Waals surface area contributed by atoms with E-state index in [4.69, 9.17) is 9.15 Å². The Kier molecular flexibility index (Phi) is 4.10. The van der Waals surface area contributed by atoms with Gasteiger partial charge in [-0.3, -0.25) is 4.79 Å². The molecule has 0 saturated carbocycles. The van der Waals surface area contributed by atoms with Crippen molar-refractivity contribution in [3.8, 4) is 0 Å². The SMILES string of the molecule is Cc1cc(C2CCCO2)oc(=O)c1C(=O)Nc1ccc2sncc2c1. The molecule has 128 valence electrons. The van der Waals surface area contributed by atoms with Crippen molar-refractivity contribution in [3.63, 3.8) is 0 Å².